The first-order valence-electron chi connectivity index (χ1n) is 11.0. The van der Waals surface area contributed by atoms with Gasteiger partial charge in [0.25, 0.3) is 11.8 Å². The van der Waals surface area contributed by atoms with Crippen LogP contribution in [-0.4, -0.2) is 46.0 Å². The maximum absolute atomic E-state index is 12.8. The van der Waals surface area contributed by atoms with E-state index in [2.05, 4.69) is 20.4 Å². The highest BCUT2D eigenvalue weighted by Gasteiger charge is 2.61. The third-order valence-corrected chi connectivity index (χ3v) is 7.15. The van der Waals surface area contributed by atoms with Crippen LogP contribution in [0.25, 0.3) is 0 Å². The molecule has 3 aliphatic rings. The minimum Gasteiger partial charge on any atom is -0.480 e. The fraction of sp³-hybridized carbons (Fsp3) is 0.435. The molecule has 0 bridgehead atoms. The van der Waals surface area contributed by atoms with Crippen molar-refractivity contribution in [2.24, 2.45) is 5.92 Å². The second kappa shape index (κ2) is 8.56. The average Bonchev–Trinajstić information content (AvgIpc) is 2.77. The van der Waals surface area contributed by atoms with Crippen molar-refractivity contribution in [1.82, 2.24) is 15.6 Å². The van der Waals surface area contributed by atoms with E-state index in [4.69, 9.17) is 16.3 Å². The summed E-state index contributed by atoms with van der Waals surface area (Å²) in [5.41, 5.74) is 0.167. The van der Waals surface area contributed by atoms with Gasteiger partial charge in [0, 0.05) is 46.8 Å². The normalized spacial score (nSPS) is 28.8. The molecular formula is C23H21ClF3N3O5. The van der Waals surface area contributed by atoms with Gasteiger partial charge in [-0.25, -0.2) is 4.98 Å². The van der Waals surface area contributed by atoms with Crippen molar-refractivity contribution >= 4 is 23.4 Å². The van der Waals surface area contributed by atoms with Crippen LogP contribution in [0.4, 0.5) is 13.2 Å². The Morgan fingerprint density at radius 1 is 1.26 bits per heavy atom. The van der Waals surface area contributed by atoms with Gasteiger partial charge in [-0.2, -0.15) is 0 Å². The van der Waals surface area contributed by atoms with Gasteiger partial charge < -0.3 is 25.2 Å². The maximum Gasteiger partial charge on any atom is 0.574 e. The van der Waals surface area contributed by atoms with Crippen LogP contribution in [0, 0.1) is 5.92 Å². The predicted octanol–water partition coefficient (Wildman–Crippen LogP) is 3.29. The maximum atomic E-state index is 12.8. The summed E-state index contributed by atoms with van der Waals surface area (Å²) < 4.78 is 46.3. The number of nitrogens with zero attached hydrogens (tertiary/aromatic N) is 1. The minimum absolute atomic E-state index is 0.0239. The van der Waals surface area contributed by atoms with Gasteiger partial charge in [0.2, 0.25) is 5.88 Å². The summed E-state index contributed by atoms with van der Waals surface area (Å²) in [5.74, 6) is -1.02. The van der Waals surface area contributed by atoms with Crippen molar-refractivity contribution < 1.29 is 37.3 Å². The number of aliphatic hydroxyl groups excluding tert-OH is 1. The molecule has 1 aromatic carbocycles. The van der Waals surface area contributed by atoms with Crippen LogP contribution in [0.3, 0.4) is 0 Å². The predicted molar refractivity (Wildman–Crippen MR) is 116 cm³/mol. The van der Waals surface area contributed by atoms with Crippen LogP contribution in [0.5, 0.6) is 11.6 Å². The highest BCUT2D eigenvalue weighted by molar-refractivity contribution is 6.30. The topological polar surface area (TPSA) is 110 Å². The molecule has 2 aliphatic carbocycles. The van der Waals surface area contributed by atoms with E-state index in [1.54, 1.807) is 18.2 Å². The Labute approximate surface area is 202 Å². The quantitative estimate of drug-likeness (QED) is 0.568. The van der Waals surface area contributed by atoms with Gasteiger partial charge in [-0.1, -0.05) is 11.6 Å². The third kappa shape index (κ3) is 4.62. The Hall–Kier alpha value is -3.05. The van der Waals surface area contributed by atoms with Gasteiger partial charge in [0.15, 0.2) is 6.10 Å². The molecule has 2 heterocycles. The van der Waals surface area contributed by atoms with Crippen molar-refractivity contribution in [2.75, 3.05) is 0 Å². The fourth-order valence-corrected chi connectivity index (χ4v) is 5.26. The molecule has 0 radical (unpaired) electrons. The number of rotatable bonds is 5. The van der Waals surface area contributed by atoms with Gasteiger partial charge in [-0.05, 0) is 43.5 Å². The number of fused-ring (bicyclic) bond motifs is 2. The van der Waals surface area contributed by atoms with Gasteiger partial charge in [0.05, 0.1) is 11.7 Å². The molecule has 2 fully saturated rings. The Morgan fingerprint density at radius 2 is 2.06 bits per heavy atom. The number of pyridine rings is 1. The summed E-state index contributed by atoms with van der Waals surface area (Å²) in [7, 11) is 0. The van der Waals surface area contributed by atoms with E-state index >= 15 is 0 Å². The van der Waals surface area contributed by atoms with E-state index in [9.17, 15) is 27.9 Å². The summed E-state index contributed by atoms with van der Waals surface area (Å²) >= 11 is 5.96. The molecule has 0 spiro atoms. The first-order valence-corrected chi connectivity index (χ1v) is 11.4. The van der Waals surface area contributed by atoms with Crippen LogP contribution in [0.2, 0.25) is 5.02 Å². The second-order valence-electron chi connectivity index (χ2n) is 9.05. The first-order chi connectivity index (χ1) is 16.5. The molecule has 2 aromatic rings. The molecule has 186 valence electrons. The number of halogens is 4. The Balaban J connectivity index is 1.16. The first kappa shape index (κ1) is 23.7. The van der Waals surface area contributed by atoms with E-state index < -0.39 is 35.9 Å². The Bertz CT molecular complexity index is 1160. The molecular weight excluding hydrogens is 491 g/mol. The Morgan fingerprint density at radius 3 is 2.69 bits per heavy atom. The molecule has 3 unspecified atom stereocenters. The van der Waals surface area contributed by atoms with E-state index in [-0.39, 0.29) is 29.9 Å². The standard InChI is InChI=1S/C23H21ClF3N3O5/c24-12-2-3-17-13(7-12)16(31)8-18(34-17)21(33)29-15-9-22(6-5-14(15)22)30-20(32)11-1-4-19(28-10-11)35-23(25,26)27/h1-4,7,10,14-16,18,31H,5-6,8-9H2,(H,29,33)(H,30,32)/t14?,15?,16-,18-,22?/m1/s1. The lowest BCUT2D eigenvalue weighted by Crippen LogP contribution is -2.76. The second-order valence-corrected chi connectivity index (χ2v) is 9.48. The third-order valence-electron chi connectivity index (χ3n) is 6.92. The average molecular weight is 512 g/mol. The van der Waals surface area contributed by atoms with Crippen LogP contribution >= 0.6 is 11.6 Å². The van der Waals surface area contributed by atoms with Crippen LogP contribution in [-0.2, 0) is 4.79 Å². The zero-order valence-electron chi connectivity index (χ0n) is 18.1. The summed E-state index contributed by atoms with van der Waals surface area (Å²) in [6.45, 7) is 0. The molecule has 2 saturated carbocycles. The molecule has 3 N–H and O–H groups in total. The highest BCUT2D eigenvalue weighted by atomic mass is 35.5. The van der Waals surface area contributed by atoms with Gasteiger partial charge in [-0.3, -0.25) is 9.59 Å². The van der Waals surface area contributed by atoms with Crippen molar-refractivity contribution in [3.8, 4) is 11.6 Å². The molecule has 5 atom stereocenters. The number of ether oxygens (including phenoxy) is 2. The number of aliphatic hydroxyl groups is 1. The van der Waals surface area contributed by atoms with E-state index in [1.807, 2.05) is 0 Å². The summed E-state index contributed by atoms with van der Waals surface area (Å²) in [4.78, 5) is 29.0. The van der Waals surface area contributed by atoms with Crippen LogP contribution in [0.1, 0.15) is 47.7 Å². The van der Waals surface area contributed by atoms with E-state index in [0.717, 1.165) is 25.1 Å². The van der Waals surface area contributed by atoms with Crippen molar-refractivity contribution in [3.05, 3.63) is 52.7 Å². The molecule has 35 heavy (non-hydrogen) atoms. The summed E-state index contributed by atoms with van der Waals surface area (Å²) in [5, 5.41) is 16.8. The number of hydrogen-bond donors (Lipinski definition) is 3. The van der Waals surface area contributed by atoms with Gasteiger partial charge in [-0.15, -0.1) is 13.2 Å². The number of hydrogen-bond acceptors (Lipinski definition) is 6. The summed E-state index contributed by atoms with van der Waals surface area (Å²) in [6, 6.07) is 6.88. The molecule has 1 aromatic heterocycles. The number of carbonyl (C=O) groups is 2. The lowest BCUT2D eigenvalue weighted by Gasteiger charge is -2.63. The SMILES string of the molecule is O=C(NC12CCC1C(NC(=O)[C@H]1C[C@@H](O)c3cc(Cl)ccc3O1)C2)c1ccc(OC(F)(F)F)nc1. The van der Waals surface area contributed by atoms with Crippen molar-refractivity contribution in [2.45, 2.75) is 55.8 Å². The number of alkyl halides is 3. The van der Waals surface area contributed by atoms with Gasteiger partial charge in [0.1, 0.15) is 5.75 Å². The fourth-order valence-electron chi connectivity index (χ4n) is 5.08. The molecule has 5 rings (SSSR count). The van der Waals surface area contributed by atoms with Crippen molar-refractivity contribution in [1.29, 1.82) is 0 Å². The Kier molecular flexibility index (Phi) is 5.79. The smallest absolute Gasteiger partial charge is 0.480 e. The minimum atomic E-state index is -4.86. The number of aromatic nitrogens is 1. The molecule has 2 amide bonds. The summed E-state index contributed by atoms with van der Waals surface area (Å²) in [6.07, 6.45) is -3.43. The van der Waals surface area contributed by atoms with Crippen LogP contribution in [0.15, 0.2) is 36.5 Å². The number of nitrogens with one attached hydrogen (secondary N) is 2. The molecule has 1 aliphatic heterocycles. The highest BCUT2D eigenvalue weighted by Crippen LogP contribution is 2.54. The molecule has 12 heteroatoms. The van der Waals surface area contributed by atoms with E-state index in [1.165, 1.54) is 6.07 Å². The zero-order valence-corrected chi connectivity index (χ0v) is 18.9. The number of amides is 2. The van der Waals surface area contributed by atoms with E-state index in [0.29, 0.717) is 22.8 Å². The zero-order chi connectivity index (χ0) is 25.0. The number of carbonyl (C=O) groups excluding carboxylic acids is 2. The largest absolute Gasteiger partial charge is 0.574 e. The molecule has 8 nitrogen and oxygen atoms in total. The number of benzene rings is 1. The lowest BCUT2D eigenvalue weighted by atomic mass is 9.50. The monoisotopic (exact) mass is 511 g/mol. The lowest BCUT2D eigenvalue weighted by molar-refractivity contribution is -0.276. The van der Waals surface area contributed by atoms with Gasteiger partial charge >= 0.3 is 6.36 Å². The molecule has 0 saturated heterocycles. The van der Waals surface area contributed by atoms with Crippen LogP contribution < -0.4 is 20.1 Å². The van der Waals surface area contributed by atoms with Crippen molar-refractivity contribution in [3.63, 3.8) is 0 Å².